The standard InChI is InChI=1S/C13H18O5/c14-7-17-6-13-2-8-1-9(3-13)12(10(8)4-13)18-5-11(15)16/h7-10,12H,1-6H2,(H,15,16). The molecule has 5 unspecified atom stereocenters. The molecule has 0 aromatic rings. The molecule has 18 heavy (non-hydrogen) atoms. The lowest BCUT2D eigenvalue weighted by Crippen LogP contribution is -2.39. The van der Waals surface area contributed by atoms with Crippen molar-refractivity contribution in [3.8, 4) is 0 Å². The van der Waals surface area contributed by atoms with Gasteiger partial charge in [0.25, 0.3) is 6.47 Å². The molecule has 4 rings (SSSR count). The number of hydrogen-bond acceptors (Lipinski definition) is 4. The SMILES string of the molecule is O=COCC12CC3CC(C1)C(OCC(=O)O)C3C2. The van der Waals surface area contributed by atoms with Gasteiger partial charge >= 0.3 is 5.97 Å². The van der Waals surface area contributed by atoms with Crippen molar-refractivity contribution in [2.45, 2.75) is 31.8 Å². The minimum atomic E-state index is -0.897. The first kappa shape index (κ1) is 12.0. The van der Waals surface area contributed by atoms with E-state index in [4.69, 9.17) is 14.6 Å². The monoisotopic (exact) mass is 254 g/mol. The molecule has 4 aliphatic rings. The Bertz CT molecular complexity index is 364. The van der Waals surface area contributed by atoms with E-state index >= 15 is 0 Å². The third-order valence-electron chi connectivity index (χ3n) is 5.01. The summed E-state index contributed by atoms with van der Waals surface area (Å²) in [4.78, 5) is 20.9. The van der Waals surface area contributed by atoms with Crippen LogP contribution in [-0.2, 0) is 19.1 Å². The third-order valence-corrected chi connectivity index (χ3v) is 5.01. The van der Waals surface area contributed by atoms with E-state index in [-0.39, 0.29) is 18.1 Å². The number of carboxylic acids is 1. The van der Waals surface area contributed by atoms with Crippen LogP contribution in [0.3, 0.4) is 0 Å². The van der Waals surface area contributed by atoms with Gasteiger partial charge in [0.05, 0.1) is 12.7 Å². The molecule has 0 aromatic heterocycles. The lowest BCUT2D eigenvalue weighted by molar-refractivity contribution is -0.149. The first-order chi connectivity index (χ1) is 8.63. The largest absolute Gasteiger partial charge is 0.480 e. The normalized spacial score (nSPS) is 44.2. The number of carbonyl (C=O) groups is 2. The fraction of sp³-hybridized carbons (Fsp3) is 0.846. The van der Waals surface area contributed by atoms with Crippen molar-refractivity contribution in [1.82, 2.24) is 0 Å². The van der Waals surface area contributed by atoms with Gasteiger partial charge in [0.1, 0.15) is 6.61 Å². The summed E-state index contributed by atoms with van der Waals surface area (Å²) < 4.78 is 10.5. The van der Waals surface area contributed by atoms with Crippen LogP contribution in [-0.4, -0.2) is 36.9 Å². The Labute approximate surface area is 105 Å². The Morgan fingerprint density at radius 3 is 2.78 bits per heavy atom. The summed E-state index contributed by atoms with van der Waals surface area (Å²) in [6.07, 6.45) is 4.40. The van der Waals surface area contributed by atoms with Crippen molar-refractivity contribution >= 4 is 12.4 Å². The second kappa shape index (κ2) is 4.23. The molecule has 5 nitrogen and oxygen atoms in total. The van der Waals surface area contributed by atoms with Crippen LogP contribution in [0.15, 0.2) is 0 Å². The van der Waals surface area contributed by atoms with Gasteiger partial charge in [-0.15, -0.1) is 0 Å². The number of carbonyl (C=O) groups excluding carboxylic acids is 1. The van der Waals surface area contributed by atoms with Crippen LogP contribution in [0.1, 0.15) is 25.7 Å². The zero-order chi connectivity index (χ0) is 12.8. The first-order valence-corrected chi connectivity index (χ1v) is 6.52. The number of ether oxygens (including phenoxy) is 2. The summed E-state index contributed by atoms with van der Waals surface area (Å²) in [6.45, 7) is 0.856. The lowest BCUT2D eigenvalue weighted by Gasteiger charge is -2.40. The number of aliphatic carboxylic acids is 1. The highest BCUT2D eigenvalue weighted by Gasteiger charge is 2.61. The van der Waals surface area contributed by atoms with Crippen LogP contribution in [0.5, 0.6) is 0 Å². The van der Waals surface area contributed by atoms with Crippen molar-refractivity contribution in [2.24, 2.45) is 23.2 Å². The quantitative estimate of drug-likeness (QED) is 0.718. The highest BCUT2D eigenvalue weighted by molar-refractivity contribution is 5.68. The summed E-state index contributed by atoms with van der Waals surface area (Å²) in [5.74, 6) is 0.666. The van der Waals surface area contributed by atoms with E-state index in [1.807, 2.05) is 0 Å². The van der Waals surface area contributed by atoms with Crippen LogP contribution < -0.4 is 0 Å². The maximum atomic E-state index is 10.6. The van der Waals surface area contributed by atoms with Crippen LogP contribution >= 0.6 is 0 Å². The van der Waals surface area contributed by atoms with E-state index in [0.717, 1.165) is 25.7 Å². The predicted octanol–water partition coefficient (Wildman–Crippen LogP) is 1.07. The Morgan fingerprint density at radius 2 is 2.11 bits per heavy atom. The maximum absolute atomic E-state index is 10.6. The molecule has 4 saturated carbocycles. The van der Waals surface area contributed by atoms with Gasteiger partial charge in [0, 0.05) is 5.41 Å². The van der Waals surface area contributed by atoms with E-state index in [9.17, 15) is 9.59 Å². The number of rotatable bonds is 6. The molecule has 0 radical (unpaired) electrons. The molecular weight excluding hydrogens is 236 g/mol. The van der Waals surface area contributed by atoms with Crippen molar-refractivity contribution in [3.05, 3.63) is 0 Å². The first-order valence-electron chi connectivity index (χ1n) is 6.52. The van der Waals surface area contributed by atoms with E-state index in [2.05, 4.69) is 0 Å². The van der Waals surface area contributed by atoms with Gasteiger partial charge in [-0.05, 0) is 43.4 Å². The zero-order valence-corrected chi connectivity index (χ0v) is 10.2. The Balaban J connectivity index is 1.66. The van der Waals surface area contributed by atoms with Gasteiger partial charge in [-0.2, -0.15) is 0 Å². The summed E-state index contributed by atoms with van der Waals surface area (Å²) in [7, 11) is 0. The third kappa shape index (κ3) is 1.81. The van der Waals surface area contributed by atoms with E-state index in [1.165, 1.54) is 0 Å². The topological polar surface area (TPSA) is 72.8 Å². The summed E-state index contributed by atoms with van der Waals surface area (Å²) >= 11 is 0. The molecule has 0 aliphatic heterocycles. The molecular formula is C13H18O5. The molecule has 5 atom stereocenters. The van der Waals surface area contributed by atoms with Gasteiger partial charge < -0.3 is 14.6 Å². The van der Waals surface area contributed by atoms with E-state index in [0.29, 0.717) is 30.8 Å². The number of hydrogen-bond donors (Lipinski definition) is 1. The molecule has 0 spiro atoms. The average Bonchev–Trinajstić information content (AvgIpc) is 2.71. The molecule has 1 N–H and O–H groups in total. The van der Waals surface area contributed by atoms with E-state index < -0.39 is 5.97 Å². The predicted molar refractivity (Wildman–Crippen MR) is 60.8 cm³/mol. The van der Waals surface area contributed by atoms with E-state index in [1.54, 1.807) is 0 Å². The summed E-state index contributed by atoms with van der Waals surface area (Å²) in [6, 6.07) is 0. The lowest BCUT2D eigenvalue weighted by atomic mass is 9.69. The number of carboxylic acid groups (broad SMARTS) is 1. The summed E-state index contributed by atoms with van der Waals surface area (Å²) in [5, 5.41) is 8.70. The molecule has 5 heteroatoms. The van der Waals surface area contributed by atoms with Gasteiger partial charge in [-0.25, -0.2) is 4.79 Å². The average molecular weight is 254 g/mol. The second-order valence-electron chi connectivity index (χ2n) is 6.11. The van der Waals surface area contributed by atoms with Crippen LogP contribution in [0, 0.1) is 23.2 Å². The molecule has 0 amide bonds. The minimum Gasteiger partial charge on any atom is -0.480 e. The highest BCUT2D eigenvalue weighted by Crippen LogP contribution is 2.64. The van der Waals surface area contributed by atoms with Crippen LogP contribution in [0.2, 0.25) is 0 Å². The zero-order valence-electron chi connectivity index (χ0n) is 10.2. The maximum Gasteiger partial charge on any atom is 0.329 e. The molecule has 4 bridgehead atoms. The molecule has 4 fully saturated rings. The Kier molecular flexibility index (Phi) is 2.81. The van der Waals surface area contributed by atoms with Crippen LogP contribution in [0.25, 0.3) is 0 Å². The smallest absolute Gasteiger partial charge is 0.329 e. The van der Waals surface area contributed by atoms with Gasteiger partial charge in [-0.1, -0.05) is 0 Å². The van der Waals surface area contributed by atoms with Crippen molar-refractivity contribution in [2.75, 3.05) is 13.2 Å². The van der Waals surface area contributed by atoms with Gasteiger partial charge in [0.2, 0.25) is 0 Å². The highest BCUT2D eigenvalue weighted by atomic mass is 16.5. The van der Waals surface area contributed by atoms with Crippen LogP contribution in [0.4, 0.5) is 0 Å². The van der Waals surface area contributed by atoms with Gasteiger partial charge in [0.15, 0.2) is 0 Å². The molecule has 4 aliphatic carbocycles. The summed E-state index contributed by atoms with van der Waals surface area (Å²) in [5.41, 5.74) is 0.155. The van der Waals surface area contributed by atoms with Crippen molar-refractivity contribution in [3.63, 3.8) is 0 Å². The molecule has 100 valence electrons. The fourth-order valence-corrected chi connectivity index (χ4v) is 4.71. The fourth-order valence-electron chi connectivity index (χ4n) is 4.71. The van der Waals surface area contributed by atoms with Crippen molar-refractivity contribution < 1.29 is 24.2 Å². The Morgan fingerprint density at radius 1 is 1.33 bits per heavy atom. The molecule has 0 saturated heterocycles. The molecule has 0 aromatic carbocycles. The minimum absolute atomic E-state index is 0.109. The van der Waals surface area contributed by atoms with Crippen molar-refractivity contribution in [1.29, 1.82) is 0 Å². The van der Waals surface area contributed by atoms with Gasteiger partial charge in [-0.3, -0.25) is 4.79 Å². The Hall–Kier alpha value is -1.10. The second-order valence-corrected chi connectivity index (χ2v) is 6.11. The molecule has 0 heterocycles.